The summed E-state index contributed by atoms with van der Waals surface area (Å²) in [6.07, 6.45) is 3.48. The van der Waals surface area contributed by atoms with Gasteiger partial charge in [0.25, 0.3) is 0 Å². The van der Waals surface area contributed by atoms with Crippen LogP contribution < -0.4 is 5.32 Å². The Morgan fingerprint density at radius 2 is 2.25 bits per heavy atom. The molecule has 1 aliphatic rings. The van der Waals surface area contributed by atoms with E-state index in [-0.39, 0.29) is 11.9 Å². The van der Waals surface area contributed by atoms with Gasteiger partial charge in [-0.3, -0.25) is 10.1 Å². The second-order valence-corrected chi connectivity index (χ2v) is 7.79. The predicted molar refractivity (Wildman–Crippen MR) is 88.2 cm³/mol. The Bertz CT molecular complexity index is 470. The molecule has 0 aromatic carbocycles. The van der Waals surface area contributed by atoms with Gasteiger partial charge in [0, 0.05) is 24.0 Å². The molecule has 0 bridgehead atoms. The normalized spacial score (nSPS) is 19.5. The number of carbonyl (C=O) groups excluding carboxylic acids is 1. The summed E-state index contributed by atoms with van der Waals surface area (Å²) in [4.78, 5) is 15.7. The highest BCUT2D eigenvalue weighted by atomic mass is 79.9. The average Bonchev–Trinajstić information content (AvgIpc) is 2.81. The monoisotopic (exact) mass is 358 g/mol. The molecule has 1 aliphatic carbocycles. The first kappa shape index (κ1) is 16.0. The fourth-order valence-electron chi connectivity index (χ4n) is 2.88. The highest BCUT2D eigenvalue weighted by molar-refractivity contribution is 9.11. The van der Waals surface area contributed by atoms with Gasteiger partial charge in [-0.25, -0.2) is 0 Å². The van der Waals surface area contributed by atoms with Crippen molar-refractivity contribution >= 4 is 33.2 Å². The lowest BCUT2D eigenvalue weighted by atomic mass is 9.93. The Balaban J connectivity index is 2.05. The number of nitrogens with zero attached hydrogens (tertiary/aromatic N) is 1. The third kappa shape index (κ3) is 3.43. The van der Waals surface area contributed by atoms with Gasteiger partial charge >= 0.3 is 0 Å². The molecule has 0 saturated heterocycles. The molecular formula is C15H23BrN2OS. The molecular weight excluding hydrogens is 336 g/mol. The first-order valence-electron chi connectivity index (χ1n) is 7.39. The fraction of sp³-hybridized carbons (Fsp3) is 0.667. The molecule has 1 aromatic heterocycles. The summed E-state index contributed by atoms with van der Waals surface area (Å²) in [6, 6.07) is 2.41. The summed E-state index contributed by atoms with van der Waals surface area (Å²) in [5.74, 6) is 0.205. The number of halogens is 1. The summed E-state index contributed by atoms with van der Waals surface area (Å²) in [5, 5.41) is 3.53. The van der Waals surface area contributed by atoms with E-state index in [0.29, 0.717) is 6.04 Å². The van der Waals surface area contributed by atoms with Gasteiger partial charge in [0.05, 0.1) is 9.83 Å². The van der Waals surface area contributed by atoms with E-state index < -0.39 is 0 Å². The van der Waals surface area contributed by atoms with Crippen molar-refractivity contribution < 1.29 is 4.79 Å². The van der Waals surface area contributed by atoms with Crippen LogP contribution in [0.4, 0.5) is 0 Å². The molecule has 20 heavy (non-hydrogen) atoms. The third-order valence-corrected chi connectivity index (χ3v) is 5.69. The zero-order valence-corrected chi connectivity index (χ0v) is 14.8. The lowest BCUT2D eigenvalue weighted by Crippen LogP contribution is -2.46. The SMILES string of the molecule is CCN(CC)C(=O)C(C)NC1CCCc2sc(Br)cc21. The molecule has 0 spiro atoms. The maximum absolute atomic E-state index is 12.4. The standard InChI is InChI=1S/C15H23BrN2OS/c1-4-18(5-2)15(19)10(3)17-12-7-6-8-13-11(12)9-14(16)20-13/h9-10,12,17H,4-8H2,1-3H3. The molecule has 0 aliphatic heterocycles. The summed E-state index contributed by atoms with van der Waals surface area (Å²) >= 11 is 5.40. The lowest BCUT2D eigenvalue weighted by molar-refractivity contribution is -0.132. The van der Waals surface area contributed by atoms with Crippen molar-refractivity contribution in [3.05, 3.63) is 20.3 Å². The zero-order chi connectivity index (χ0) is 14.7. The number of hydrogen-bond donors (Lipinski definition) is 1. The van der Waals surface area contributed by atoms with Crippen LogP contribution in [0.15, 0.2) is 9.85 Å². The van der Waals surface area contributed by atoms with Crippen LogP contribution in [0.25, 0.3) is 0 Å². The minimum absolute atomic E-state index is 0.121. The molecule has 5 heteroatoms. The van der Waals surface area contributed by atoms with Crippen LogP contribution in [0.3, 0.4) is 0 Å². The zero-order valence-electron chi connectivity index (χ0n) is 12.4. The van der Waals surface area contributed by atoms with Crippen molar-refractivity contribution in [1.82, 2.24) is 10.2 Å². The lowest BCUT2D eigenvalue weighted by Gasteiger charge is -2.29. The Morgan fingerprint density at radius 1 is 1.55 bits per heavy atom. The van der Waals surface area contributed by atoms with Crippen molar-refractivity contribution in [1.29, 1.82) is 0 Å². The molecule has 1 N–H and O–H groups in total. The number of rotatable bonds is 5. The van der Waals surface area contributed by atoms with Gasteiger partial charge in [-0.05, 0) is 67.6 Å². The number of likely N-dealkylation sites (N-methyl/N-ethyl adjacent to an activating group) is 1. The number of fused-ring (bicyclic) bond motifs is 1. The number of carbonyl (C=O) groups is 1. The molecule has 0 radical (unpaired) electrons. The van der Waals surface area contributed by atoms with Crippen LogP contribution >= 0.6 is 27.3 Å². The predicted octanol–water partition coefficient (Wildman–Crippen LogP) is 3.73. The number of thiophene rings is 1. The van der Waals surface area contributed by atoms with Gasteiger partial charge in [-0.15, -0.1) is 11.3 Å². The average molecular weight is 359 g/mol. The second kappa shape index (κ2) is 7.05. The van der Waals surface area contributed by atoms with E-state index in [0.717, 1.165) is 19.5 Å². The molecule has 0 saturated carbocycles. The third-order valence-electron chi connectivity index (χ3n) is 3.98. The minimum Gasteiger partial charge on any atom is -0.342 e. The van der Waals surface area contributed by atoms with Crippen LogP contribution in [0.5, 0.6) is 0 Å². The van der Waals surface area contributed by atoms with Crippen molar-refractivity contribution in [3.63, 3.8) is 0 Å². The maximum Gasteiger partial charge on any atom is 0.239 e. The van der Waals surface area contributed by atoms with Crippen LogP contribution in [-0.2, 0) is 11.2 Å². The highest BCUT2D eigenvalue weighted by Crippen LogP contribution is 2.38. The van der Waals surface area contributed by atoms with E-state index >= 15 is 0 Å². The first-order valence-corrected chi connectivity index (χ1v) is 9.00. The van der Waals surface area contributed by atoms with Crippen LogP contribution in [0, 0.1) is 0 Å². The number of nitrogens with one attached hydrogen (secondary N) is 1. The van der Waals surface area contributed by atoms with Crippen LogP contribution in [0.1, 0.15) is 50.1 Å². The van der Waals surface area contributed by atoms with Crippen molar-refractivity contribution in [2.24, 2.45) is 0 Å². The van der Waals surface area contributed by atoms with E-state index in [9.17, 15) is 4.79 Å². The number of hydrogen-bond acceptors (Lipinski definition) is 3. The van der Waals surface area contributed by atoms with Crippen molar-refractivity contribution in [2.45, 2.75) is 52.1 Å². The Labute approximate surface area is 133 Å². The topological polar surface area (TPSA) is 32.3 Å². The molecule has 0 fully saturated rings. The van der Waals surface area contributed by atoms with E-state index in [1.54, 1.807) is 0 Å². The fourth-order valence-corrected chi connectivity index (χ4v) is 4.70. The van der Waals surface area contributed by atoms with Crippen molar-refractivity contribution in [2.75, 3.05) is 13.1 Å². The largest absolute Gasteiger partial charge is 0.342 e. The van der Waals surface area contributed by atoms with Crippen LogP contribution in [0.2, 0.25) is 0 Å². The summed E-state index contributed by atoms with van der Waals surface area (Å²) < 4.78 is 1.19. The number of amides is 1. The van der Waals surface area contributed by atoms with Gasteiger partial charge in [0.2, 0.25) is 5.91 Å². The first-order chi connectivity index (χ1) is 9.56. The van der Waals surface area contributed by atoms with E-state index in [4.69, 9.17) is 0 Å². The number of aryl methyl sites for hydroxylation is 1. The molecule has 3 nitrogen and oxygen atoms in total. The maximum atomic E-state index is 12.4. The Kier molecular flexibility index (Phi) is 5.64. The molecule has 1 aromatic rings. The van der Waals surface area contributed by atoms with E-state index in [1.165, 1.54) is 27.1 Å². The second-order valence-electron chi connectivity index (χ2n) is 5.27. The Morgan fingerprint density at radius 3 is 2.90 bits per heavy atom. The Hall–Kier alpha value is -0.390. The summed E-state index contributed by atoms with van der Waals surface area (Å²) in [7, 11) is 0. The van der Waals surface area contributed by atoms with Gasteiger partial charge in [0.1, 0.15) is 0 Å². The van der Waals surface area contributed by atoms with E-state index in [1.807, 2.05) is 37.0 Å². The van der Waals surface area contributed by atoms with Gasteiger partial charge in [-0.2, -0.15) is 0 Å². The molecule has 1 heterocycles. The molecule has 2 rings (SSSR count). The minimum atomic E-state index is -0.121. The molecule has 2 atom stereocenters. The van der Waals surface area contributed by atoms with Crippen molar-refractivity contribution in [3.8, 4) is 0 Å². The highest BCUT2D eigenvalue weighted by Gasteiger charge is 2.26. The van der Waals surface area contributed by atoms with Gasteiger partial charge < -0.3 is 4.90 Å². The van der Waals surface area contributed by atoms with Crippen LogP contribution in [-0.4, -0.2) is 29.9 Å². The smallest absolute Gasteiger partial charge is 0.239 e. The summed E-state index contributed by atoms with van der Waals surface area (Å²) in [6.45, 7) is 7.60. The van der Waals surface area contributed by atoms with Gasteiger partial charge in [-0.1, -0.05) is 0 Å². The quantitative estimate of drug-likeness (QED) is 0.869. The van der Waals surface area contributed by atoms with Gasteiger partial charge in [0.15, 0.2) is 0 Å². The molecule has 2 unspecified atom stereocenters. The van der Waals surface area contributed by atoms with E-state index in [2.05, 4.69) is 27.3 Å². The molecule has 1 amide bonds. The summed E-state index contributed by atoms with van der Waals surface area (Å²) in [5.41, 5.74) is 1.38. The molecule has 112 valence electrons.